The van der Waals surface area contributed by atoms with Crippen LogP contribution >= 0.6 is 7.82 Å². The molecule has 4 nitrogen and oxygen atoms in total. The summed E-state index contributed by atoms with van der Waals surface area (Å²) in [5, 5.41) is 0. The van der Waals surface area contributed by atoms with Crippen LogP contribution in [0, 0.1) is 0 Å². The smallest absolute Gasteiger partial charge is 0.303 e. The Morgan fingerprint density at radius 2 is 1.85 bits per heavy atom. The number of allylic oxidation sites excluding steroid dienone is 1. The van der Waals surface area contributed by atoms with Crippen LogP contribution in [-0.2, 0) is 9.09 Å². The highest BCUT2D eigenvalue weighted by molar-refractivity contribution is 7.46. The molecule has 0 aliphatic heterocycles. The predicted molar refractivity (Wildman–Crippen MR) is 53.4 cm³/mol. The Bertz CT molecular complexity index is 181. The molecule has 0 fully saturated rings. The van der Waals surface area contributed by atoms with Gasteiger partial charge in [0.1, 0.15) is 0 Å². The second-order valence-corrected chi connectivity index (χ2v) is 4.21. The SMILES string of the molecule is C=C(C)C.CCC(C)OP(=O)(O)O. The van der Waals surface area contributed by atoms with Gasteiger partial charge in [0.25, 0.3) is 0 Å². The molecule has 0 aliphatic rings. The minimum atomic E-state index is -4.24. The highest BCUT2D eigenvalue weighted by Gasteiger charge is 2.16. The molecule has 2 N–H and O–H groups in total. The van der Waals surface area contributed by atoms with Crippen LogP contribution in [0.1, 0.15) is 34.1 Å². The summed E-state index contributed by atoms with van der Waals surface area (Å²) in [5.41, 5.74) is 1.17. The van der Waals surface area contributed by atoms with E-state index in [0.29, 0.717) is 6.42 Å². The van der Waals surface area contributed by atoms with Gasteiger partial charge in [-0.3, -0.25) is 4.52 Å². The molecule has 0 heterocycles. The average molecular weight is 210 g/mol. The quantitative estimate of drug-likeness (QED) is 0.554. The lowest BCUT2D eigenvalue weighted by Crippen LogP contribution is -2.03. The van der Waals surface area contributed by atoms with Crippen LogP contribution in [0.15, 0.2) is 12.2 Å². The van der Waals surface area contributed by atoms with Crippen LogP contribution in [0.2, 0.25) is 0 Å². The lowest BCUT2D eigenvalue weighted by Gasteiger charge is -2.09. The molecular weight excluding hydrogens is 191 g/mol. The van der Waals surface area contributed by atoms with Crippen molar-refractivity contribution in [1.29, 1.82) is 0 Å². The molecule has 0 rings (SSSR count). The van der Waals surface area contributed by atoms with E-state index in [2.05, 4.69) is 11.1 Å². The first kappa shape index (κ1) is 15.3. The first-order valence-electron chi connectivity index (χ1n) is 4.05. The van der Waals surface area contributed by atoms with Crippen molar-refractivity contribution in [2.24, 2.45) is 0 Å². The second-order valence-electron chi connectivity index (χ2n) is 3.02. The molecule has 0 aliphatic carbocycles. The summed E-state index contributed by atoms with van der Waals surface area (Å²) >= 11 is 0. The Balaban J connectivity index is 0. The third kappa shape index (κ3) is 24.5. The largest absolute Gasteiger partial charge is 0.469 e. The van der Waals surface area contributed by atoms with Gasteiger partial charge in [-0.25, -0.2) is 4.57 Å². The minimum absolute atomic E-state index is 0.370. The van der Waals surface area contributed by atoms with Gasteiger partial charge in [0.2, 0.25) is 0 Å². The fourth-order valence-electron chi connectivity index (χ4n) is 0.309. The zero-order valence-corrected chi connectivity index (χ0v) is 9.54. The van der Waals surface area contributed by atoms with Gasteiger partial charge in [-0.1, -0.05) is 12.5 Å². The highest BCUT2D eigenvalue weighted by atomic mass is 31.2. The molecule has 80 valence electrons. The van der Waals surface area contributed by atoms with E-state index >= 15 is 0 Å². The fraction of sp³-hybridized carbons (Fsp3) is 0.750. The number of phosphoric acid groups is 1. The Labute approximate surface area is 79.9 Å². The van der Waals surface area contributed by atoms with E-state index in [1.54, 1.807) is 13.8 Å². The predicted octanol–water partition coefficient (Wildman–Crippen LogP) is 2.48. The zero-order chi connectivity index (χ0) is 11.1. The standard InChI is InChI=1S/C4H11O4P.C4H8/c1-3-4(2)8-9(5,6)7;1-4(2)3/h4H,3H2,1-2H3,(H2,5,6,7);1H2,2-3H3. The summed E-state index contributed by atoms with van der Waals surface area (Å²) in [7, 11) is -4.24. The van der Waals surface area contributed by atoms with Crippen LogP contribution < -0.4 is 0 Å². The molecule has 5 heteroatoms. The van der Waals surface area contributed by atoms with Crippen LogP contribution in [-0.4, -0.2) is 15.9 Å². The molecule has 0 aromatic heterocycles. The Hall–Kier alpha value is -0.150. The summed E-state index contributed by atoms with van der Waals surface area (Å²) in [6.45, 7) is 10.9. The second kappa shape index (κ2) is 7.27. The topological polar surface area (TPSA) is 66.8 Å². The first-order chi connectivity index (χ1) is 5.69. The van der Waals surface area contributed by atoms with E-state index in [-0.39, 0.29) is 6.10 Å². The summed E-state index contributed by atoms with van der Waals surface area (Å²) in [6, 6.07) is 0. The maximum Gasteiger partial charge on any atom is 0.469 e. The minimum Gasteiger partial charge on any atom is -0.303 e. The van der Waals surface area contributed by atoms with E-state index in [0.717, 1.165) is 0 Å². The molecule has 0 spiro atoms. The van der Waals surface area contributed by atoms with Crippen molar-refractivity contribution in [2.45, 2.75) is 40.2 Å². The Kier molecular flexibility index (Phi) is 8.57. The number of hydrogen-bond acceptors (Lipinski definition) is 2. The third-order valence-corrected chi connectivity index (χ3v) is 1.53. The molecule has 0 aromatic carbocycles. The van der Waals surface area contributed by atoms with Crippen molar-refractivity contribution in [3.05, 3.63) is 12.2 Å². The van der Waals surface area contributed by atoms with Gasteiger partial charge in [-0.2, -0.15) is 0 Å². The zero-order valence-electron chi connectivity index (χ0n) is 8.65. The Morgan fingerprint density at radius 1 is 1.54 bits per heavy atom. The fourth-order valence-corrected chi connectivity index (χ4v) is 0.927. The molecule has 0 saturated carbocycles. The lowest BCUT2D eigenvalue weighted by atomic mass is 10.3. The van der Waals surface area contributed by atoms with Gasteiger partial charge in [-0.15, -0.1) is 6.58 Å². The number of hydrogen-bond donors (Lipinski definition) is 2. The van der Waals surface area contributed by atoms with E-state index in [1.165, 1.54) is 5.57 Å². The van der Waals surface area contributed by atoms with E-state index < -0.39 is 7.82 Å². The van der Waals surface area contributed by atoms with Crippen molar-refractivity contribution in [3.63, 3.8) is 0 Å². The van der Waals surface area contributed by atoms with Crippen molar-refractivity contribution < 1.29 is 18.9 Å². The first-order valence-corrected chi connectivity index (χ1v) is 5.58. The van der Waals surface area contributed by atoms with Crippen molar-refractivity contribution >= 4 is 7.82 Å². The van der Waals surface area contributed by atoms with Crippen molar-refractivity contribution in [2.75, 3.05) is 0 Å². The molecule has 0 radical (unpaired) electrons. The maximum absolute atomic E-state index is 10.1. The van der Waals surface area contributed by atoms with E-state index in [1.807, 2.05) is 13.8 Å². The molecular formula is C8H19O4P. The average Bonchev–Trinajstić information content (AvgIpc) is 1.82. The molecule has 0 amide bonds. The van der Waals surface area contributed by atoms with Crippen LogP contribution in [0.25, 0.3) is 0 Å². The number of rotatable bonds is 3. The third-order valence-electron chi connectivity index (χ3n) is 0.892. The van der Waals surface area contributed by atoms with Crippen molar-refractivity contribution in [3.8, 4) is 0 Å². The maximum atomic E-state index is 10.1. The molecule has 0 saturated heterocycles. The summed E-state index contributed by atoms with van der Waals surface area (Å²) in [6.07, 6.45) is 0.233. The lowest BCUT2D eigenvalue weighted by molar-refractivity contribution is 0.142. The highest BCUT2D eigenvalue weighted by Crippen LogP contribution is 2.37. The summed E-state index contributed by atoms with van der Waals surface area (Å²) < 4.78 is 14.3. The van der Waals surface area contributed by atoms with Gasteiger partial charge in [0.05, 0.1) is 6.10 Å². The summed E-state index contributed by atoms with van der Waals surface area (Å²) in [4.78, 5) is 16.4. The molecule has 13 heavy (non-hydrogen) atoms. The van der Waals surface area contributed by atoms with E-state index in [9.17, 15) is 4.57 Å². The van der Waals surface area contributed by atoms with Gasteiger partial charge >= 0.3 is 7.82 Å². The van der Waals surface area contributed by atoms with Crippen LogP contribution in [0.4, 0.5) is 0 Å². The van der Waals surface area contributed by atoms with Crippen molar-refractivity contribution in [1.82, 2.24) is 0 Å². The normalized spacial score (nSPS) is 12.8. The molecule has 1 unspecified atom stereocenters. The summed E-state index contributed by atoms with van der Waals surface area (Å²) in [5.74, 6) is 0. The monoisotopic (exact) mass is 210 g/mol. The van der Waals surface area contributed by atoms with Gasteiger partial charge < -0.3 is 9.79 Å². The Morgan fingerprint density at radius 3 is 1.92 bits per heavy atom. The van der Waals surface area contributed by atoms with Crippen LogP contribution in [0.5, 0.6) is 0 Å². The van der Waals surface area contributed by atoms with E-state index in [4.69, 9.17) is 9.79 Å². The molecule has 0 aromatic rings. The van der Waals surface area contributed by atoms with Gasteiger partial charge in [-0.05, 0) is 27.2 Å². The molecule has 0 bridgehead atoms. The molecule has 1 atom stereocenters. The van der Waals surface area contributed by atoms with Gasteiger partial charge in [0.15, 0.2) is 0 Å². The van der Waals surface area contributed by atoms with Gasteiger partial charge in [0, 0.05) is 0 Å². The number of phosphoric ester groups is 1. The van der Waals surface area contributed by atoms with Crippen LogP contribution in [0.3, 0.4) is 0 Å².